The maximum atomic E-state index is 6.15. The van der Waals surface area contributed by atoms with Crippen LogP contribution < -0.4 is 5.32 Å². The summed E-state index contributed by atoms with van der Waals surface area (Å²) >= 11 is 7.86. The van der Waals surface area contributed by atoms with Gasteiger partial charge in [-0.2, -0.15) is 0 Å². The minimum absolute atomic E-state index is 0.106. The first-order valence-electron chi connectivity index (χ1n) is 7.25. The van der Waals surface area contributed by atoms with Crippen LogP contribution in [0.25, 0.3) is 0 Å². The fraction of sp³-hybridized carbons (Fsp3) is 0.471. The number of thiazole rings is 1. The van der Waals surface area contributed by atoms with Gasteiger partial charge >= 0.3 is 0 Å². The molecule has 0 aliphatic rings. The van der Waals surface area contributed by atoms with Crippen LogP contribution in [0.5, 0.6) is 0 Å². The molecule has 0 aliphatic carbocycles. The second kappa shape index (κ2) is 6.91. The molecule has 0 saturated heterocycles. The van der Waals surface area contributed by atoms with E-state index in [0.29, 0.717) is 5.92 Å². The highest BCUT2D eigenvalue weighted by Gasteiger charge is 2.18. The largest absolute Gasteiger partial charge is 0.311 e. The number of aryl methyl sites for hydroxylation is 1. The number of hydrogen-bond acceptors (Lipinski definition) is 3. The molecule has 1 atom stereocenters. The fourth-order valence-electron chi connectivity index (χ4n) is 2.25. The van der Waals surface area contributed by atoms with Crippen molar-refractivity contribution in [1.82, 2.24) is 10.3 Å². The van der Waals surface area contributed by atoms with E-state index in [9.17, 15) is 0 Å². The molecule has 21 heavy (non-hydrogen) atoms. The third-order valence-corrected chi connectivity index (χ3v) is 4.38. The molecule has 2 aromatic rings. The molecule has 1 aromatic carbocycles. The van der Waals surface area contributed by atoms with E-state index in [1.807, 2.05) is 12.1 Å². The van der Waals surface area contributed by atoms with Gasteiger partial charge in [-0.3, -0.25) is 0 Å². The van der Waals surface area contributed by atoms with E-state index in [-0.39, 0.29) is 5.54 Å². The minimum atomic E-state index is 0.106. The van der Waals surface area contributed by atoms with Crippen molar-refractivity contribution in [3.8, 4) is 0 Å². The molecule has 2 nitrogen and oxygen atoms in total. The van der Waals surface area contributed by atoms with Crippen molar-refractivity contribution in [3.05, 3.63) is 50.9 Å². The Labute approximate surface area is 136 Å². The summed E-state index contributed by atoms with van der Waals surface area (Å²) in [6.45, 7) is 9.54. The number of nitrogens with one attached hydrogen (secondary N) is 1. The van der Waals surface area contributed by atoms with Crippen molar-refractivity contribution in [2.24, 2.45) is 0 Å². The molecule has 2 rings (SSSR count). The van der Waals surface area contributed by atoms with Gasteiger partial charge in [-0.1, -0.05) is 23.7 Å². The Balaban J connectivity index is 2.17. The quantitative estimate of drug-likeness (QED) is 0.853. The molecule has 1 N–H and O–H groups in total. The predicted octanol–water partition coefficient (Wildman–Crippen LogP) is 4.82. The molecule has 4 heteroatoms. The number of nitrogens with zero attached hydrogens (tertiary/aromatic N) is 1. The fourth-order valence-corrected chi connectivity index (χ4v) is 3.08. The van der Waals surface area contributed by atoms with E-state index in [4.69, 9.17) is 11.6 Å². The van der Waals surface area contributed by atoms with Crippen LogP contribution in [0.3, 0.4) is 0 Å². The summed E-state index contributed by atoms with van der Waals surface area (Å²) in [7, 11) is 0. The molecule has 0 amide bonds. The minimum Gasteiger partial charge on any atom is -0.311 e. The first kappa shape index (κ1) is 16.5. The summed E-state index contributed by atoms with van der Waals surface area (Å²) in [4.78, 5) is 4.60. The first-order valence-corrected chi connectivity index (χ1v) is 8.51. The molecule has 0 fully saturated rings. The van der Waals surface area contributed by atoms with Gasteiger partial charge in [0, 0.05) is 28.4 Å². The van der Waals surface area contributed by atoms with E-state index in [1.54, 1.807) is 11.3 Å². The average Bonchev–Trinajstić information content (AvgIpc) is 2.79. The average molecular weight is 323 g/mol. The Kier molecular flexibility index (Phi) is 5.42. The normalized spacial score (nSPS) is 13.4. The molecule has 0 aliphatic heterocycles. The van der Waals surface area contributed by atoms with Crippen molar-refractivity contribution in [1.29, 1.82) is 0 Å². The lowest BCUT2D eigenvalue weighted by atomic mass is 9.93. The van der Waals surface area contributed by atoms with Crippen molar-refractivity contribution in [2.75, 3.05) is 6.54 Å². The van der Waals surface area contributed by atoms with E-state index in [0.717, 1.165) is 28.7 Å². The van der Waals surface area contributed by atoms with Crippen LogP contribution in [0.1, 0.15) is 43.0 Å². The van der Waals surface area contributed by atoms with Crippen molar-refractivity contribution in [3.63, 3.8) is 0 Å². The van der Waals surface area contributed by atoms with Crippen LogP contribution in [-0.4, -0.2) is 17.1 Å². The number of aromatic nitrogens is 1. The van der Waals surface area contributed by atoms with Gasteiger partial charge in [0.05, 0.1) is 10.7 Å². The number of hydrogen-bond donors (Lipinski definition) is 1. The number of rotatable bonds is 5. The highest BCUT2D eigenvalue weighted by atomic mass is 35.5. The van der Waals surface area contributed by atoms with Gasteiger partial charge in [0.1, 0.15) is 0 Å². The summed E-state index contributed by atoms with van der Waals surface area (Å²) in [6.07, 6.45) is 0.938. The maximum absolute atomic E-state index is 6.15. The summed E-state index contributed by atoms with van der Waals surface area (Å²) in [5.74, 6) is 0.379. The molecule has 1 aromatic heterocycles. The van der Waals surface area contributed by atoms with Crippen LogP contribution in [-0.2, 0) is 6.42 Å². The Morgan fingerprint density at radius 2 is 2.10 bits per heavy atom. The van der Waals surface area contributed by atoms with Crippen LogP contribution in [0.2, 0.25) is 5.02 Å². The summed E-state index contributed by atoms with van der Waals surface area (Å²) < 4.78 is 0. The van der Waals surface area contributed by atoms with Gasteiger partial charge in [-0.25, -0.2) is 4.98 Å². The van der Waals surface area contributed by atoms with Crippen LogP contribution in [0.4, 0.5) is 0 Å². The lowest BCUT2D eigenvalue weighted by molar-refractivity contribution is 0.404. The standard InChI is InChI=1S/C17H23ClN2S/c1-12-20-16(11-21-12)9-14(10-19-17(2,3)4)13-6-5-7-15(18)8-13/h5-8,11,14,19H,9-10H2,1-4H3. The lowest BCUT2D eigenvalue weighted by Gasteiger charge is -2.25. The molecule has 0 spiro atoms. The van der Waals surface area contributed by atoms with E-state index >= 15 is 0 Å². The molecule has 1 unspecified atom stereocenters. The smallest absolute Gasteiger partial charge is 0.0897 e. The maximum Gasteiger partial charge on any atom is 0.0897 e. The molecule has 0 bridgehead atoms. The summed E-state index contributed by atoms with van der Waals surface area (Å²) in [5, 5.41) is 7.67. The van der Waals surface area contributed by atoms with Gasteiger partial charge in [0.15, 0.2) is 0 Å². The van der Waals surface area contributed by atoms with Gasteiger partial charge in [-0.15, -0.1) is 11.3 Å². The lowest BCUT2D eigenvalue weighted by Crippen LogP contribution is -2.39. The third kappa shape index (κ3) is 5.42. The second-order valence-electron chi connectivity index (χ2n) is 6.44. The molecule has 1 heterocycles. The Hall–Kier alpha value is -0.900. The Morgan fingerprint density at radius 1 is 1.33 bits per heavy atom. The zero-order valence-corrected chi connectivity index (χ0v) is 14.7. The van der Waals surface area contributed by atoms with Gasteiger partial charge in [0.25, 0.3) is 0 Å². The SMILES string of the molecule is Cc1nc(CC(CNC(C)(C)C)c2cccc(Cl)c2)cs1. The summed E-state index contributed by atoms with van der Waals surface area (Å²) in [6, 6.07) is 8.16. The molecule has 114 valence electrons. The van der Waals surface area contributed by atoms with Crippen LogP contribution >= 0.6 is 22.9 Å². The predicted molar refractivity (Wildman–Crippen MR) is 92.5 cm³/mol. The topological polar surface area (TPSA) is 24.9 Å². The Morgan fingerprint density at radius 3 is 2.67 bits per heavy atom. The summed E-state index contributed by atoms with van der Waals surface area (Å²) in [5.41, 5.74) is 2.54. The van der Waals surface area contributed by atoms with Crippen LogP contribution in [0, 0.1) is 6.92 Å². The highest BCUT2D eigenvalue weighted by Crippen LogP contribution is 2.24. The van der Waals surface area contributed by atoms with E-state index in [1.165, 1.54) is 5.56 Å². The molecular formula is C17H23ClN2S. The van der Waals surface area contributed by atoms with E-state index < -0.39 is 0 Å². The zero-order chi connectivity index (χ0) is 15.5. The zero-order valence-electron chi connectivity index (χ0n) is 13.1. The molecule has 0 saturated carbocycles. The molecular weight excluding hydrogens is 300 g/mol. The Bertz CT molecular complexity index is 586. The van der Waals surface area contributed by atoms with Crippen molar-refractivity contribution < 1.29 is 0 Å². The first-order chi connectivity index (χ1) is 9.83. The van der Waals surface area contributed by atoms with Crippen LogP contribution in [0.15, 0.2) is 29.6 Å². The third-order valence-electron chi connectivity index (χ3n) is 3.32. The second-order valence-corrected chi connectivity index (χ2v) is 7.94. The van der Waals surface area contributed by atoms with Crippen molar-refractivity contribution >= 4 is 22.9 Å². The van der Waals surface area contributed by atoms with Gasteiger partial charge < -0.3 is 5.32 Å². The number of halogens is 1. The van der Waals surface area contributed by atoms with Gasteiger partial charge in [0.2, 0.25) is 0 Å². The van der Waals surface area contributed by atoms with E-state index in [2.05, 4.69) is 55.5 Å². The number of benzene rings is 1. The van der Waals surface area contributed by atoms with Gasteiger partial charge in [-0.05, 0) is 51.8 Å². The molecule has 0 radical (unpaired) electrons. The van der Waals surface area contributed by atoms with Crippen molar-refractivity contribution in [2.45, 2.75) is 45.6 Å². The monoisotopic (exact) mass is 322 g/mol. The highest BCUT2D eigenvalue weighted by molar-refractivity contribution is 7.09.